The number of benzene rings is 1. The van der Waals surface area contributed by atoms with Crippen molar-refractivity contribution in [2.45, 2.75) is 31.2 Å². The highest BCUT2D eigenvalue weighted by Gasteiger charge is 2.29. The van der Waals surface area contributed by atoms with Gasteiger partial charge < -0.3 is 9.73 Å². The normalized spacial score (nSPS) is 11.6. The monoisotopic (exact) mass is 424 g/mol. The predicted molar refractivity (Wildman–Crippen MR) is 102 cm³/mol. The third-order valence-corrected chi connectivity index (χ3v) is 5.09. The summed E-state index contributed by atoms with van der Waals surface area (Å²) in [5.41, 5.74) is 0.0374. The molecule has 6 nitrogen and oxygen atoms in total. The summed E-state index contributed by atoms with van der Waals surface area (Å²) in [6.45, 7) is 2.91. The molecule has 29 heavy (non-hydrogen) atoms. The third kappa shape index (κ3) is 5.41. The van der Waals surface area contributed by atoms with Gasteiger partial charge in [0, 0.05) is 13.1 Å². The number of aromatic nitrogens is 3. The number of thioether (sulfide) groups is 1. The van der Waals surface area contributed by atoms with E-state index in [1.807, 2.05) is 11.5 Å². The molecule has 0 atom stereocenters. The van der Waals surface area contributed by atoms with Crippen molar-refractivity contribution in [1.29, 1.82) is 0 Å². The van der Waals surface area contributed by atoms with E-state index in [4.69, 9.17) is 4.42 Å². The smallest absolute Gasteiger partial charge is 0.416 e. The lowest BCUT2D eigenvalue weighted by Crippen LogP contribution is -2.27. The van der Waals surface area contributed by atoms with Crippen molar-refractivity contribution in [3.05, 3.63) is 53.8 Å². The maximum atomic E-state index is 12.6. The van der Waals surface area contributed by atoms with Crippen LogP contribution in [0.1, 0.15) is 18.1 Å². The first-order chi connectivity index (χ1) is 13.9. The van der Waals surface area contributed by atoms with Gasteiger partial charge in [-0.25, -0.2) is 0 Å². The molecule has 1 amide bonds. The van der Waals surface area contributed by atoms with Crippen molar-refractivity contribution in [3.8, 4) is 11.6 Å². The van der Waals surface area contributed by atoms with Crippen LogP contribution in [0.15, 0.2) is 52.2 Å². The average molecular weight is 424 g/mol. The zero-order chi connectivity index (χ0) is 20.9. The van der Waals surface area contributed by atoms with Gasteiger partial charge in [0.05, 0.1) is 17.6 Å². The molecule has 0 fully saturated rings. The Kier molecular flexibility index (Phi) is 6.63. The highest BCUT2D eigenvalue weighted by atomic mass is 32.2. The van der Waals surface area contributed by atoms with Gasteiger partial charge in [-0.05, 0) is 43.2 Å². The lowest BCUT2D eigenvalue weighted by Gasteiger charge is -2.09. The van der Waals surface area contributed by atoms with Gasteiger partial charge in [0.25, 0.3) is 0 Å². The Labute approximate surface area is 169 Å². The summed E-state index contributed by atoms with van der Waals surface area (Å²) < 4.78 is 44.9. The molecule has 0 unspecified atom stereocenters. The van der Waals surface area contributed by atoms with Gasteiger partial charge in [0.15, 0.2) is 16.7 Å². The summed E-state index contributed by atoms with van der Waals surface area (Å²) in [7, 11) is 0. The lowest BCUT2D eigenvalue weighted by molar-refractivity contribution is -0.137. The summed E-state index contributed by atoms with van der Waals surface area (Å²) in [6.07, 6.45) is -2.34. The standard InChI is InChI=1S/C19H19F3N4O2S/c1-2-26-17(15-4-3-11-28-15)24-25-18(26)29-12-16(27)23-10-9-13-5-7-14(8-6-13)19(20,21)22/h3-8,11H,2,9-10,12H2,1H3,(H,23,27). The summed E-state index contributed by atoms with van der Waals surface area (Å²) in [6, 6.07) is 8.48. The second-order valence-corrected chi connectivity index (χ2v) is 7.05. The van der Waals surface area contributed by atoms with E-state index in [0.717, 1.165) is 17.7 Å². The Hall–Kier alpha value is -2.75. The summed E-state index contributed by atoms with van der Waals surface area (Å²) in [5.74, 6) is 1.17. The third-order valence-electron chi connectivity index (χ3n) is 4.12. The van der Waals surface area contributed by atoms with Gasteiger partial charge in [-0.3, -0.25) is 9.36 Å². The number of carbonyl (C=O) groups excluding carboxylic acids is 1. The van der Waals surface area contributed by atoms with Crippen LogP contribution in [0.3, 0.4) is 0 Å². The zero-order valence-electron chi connectivity index (χ0n) is 15.6. The Balaban J connectivity index is 1.47. The Bertz CT molecular complexity index is 938. The molecule has 10 heteroatoms. The predicted octanol–water partition coefficient (Wildman–Crippen LogP) is 4.03. The summed E-state index contributed by atoms with van der Waals surface area (Å²) in [4.78, 5) is 12.1. The van der Waals surface area contributed by atoms with E-state index in [1.54, 1.807) is 18.4 Å². The van der Waals surface area contributed by atoms with Gasteiger partial charge >= 0.3 is 6.18 Å². The molecule has 1 aromatic carbocycles. The minimum absolute atomic E-state index is 0.156. The maximum absolute atomic E-state index is 12.6. The van der Waals surface area contributed by atoms with Crippen LogP contribution in [0, 0.1) is 0 Å². The molecule has 3 rings (SSSR count). The molecule has 2 heterocycles. The fourth-order valence-corrected chi connectivity index (χ4v) is 3.49. The Morgan fingerprint density at radius 2 is 1.97 bits per heavy atom. The van der Waals surface area contributed by atoms with Crippen LogP contribution in [0.2, 0.25) is 0 Å². The van der Waals surface area contributed by atoms with Crippen LogP contribution < -0.4 is 5.32 Å². The molecule has 0 saturated heterocycles. The number of furan rings is 1. The molecule has 1 N–H and O–H groups in total. The number of hydrogen-bond donors (Lipinski definition) is 1. The number of rotatable bonds is 8. The van der Waals surface area contributed by atoms with Crippen LogP contribution in [-0.2, 0) is 23.9 Å². The van der Waals surface area contributed by atoms with E-state index in [-0.39, 0.29) is 11.7 Å². The molecule has 0 aliphatic heterocycles. The number of nitrogens with one attached hydrogen (secondary N) is 1. The number of carbonyl (C=O) groups is 1. The number of nitrogens with zero attached hydrogens (tertiary/aromatic N) is 3. The molecular formula is C19H19F3N4O2S. The fourth-order valence-electron chi connectivity index (χ4n) is 2.66. The number of alkyl halides is 3. The van der Waals surface area contributed by atoms with Crippen molar-refractivity contribution in [2.75, 3.05) is 12.3 Å². The quantitative estimate of drug-likeness (QED) is 0.553. The minimum atomic E-state index is -4.35. The first kappa shape index (κ1) is 21.0. The van der Waals surface area contributed by atoms with Crippen LogP contribution in [-0.4, -0.2) is 33.0 Å². The largest absolute Gasteiger partial charge is 0.461 e. The summed E-state index contributed by atoms with van der Waals surface area (Å²) in [5, 5.41) is 11.6. The zero-order valence-corrected chi connectivity index (χ0v) is 16.4. The van der Waals surface area contributed by atoms with E-state index in [2.05, 4.69) is 15.5 Å². The second-order valence-electron chi connectivity index (χ2n) is 6.11. The molecule has 3 aromatic rings. The topological polar surface area (TPSA) is 73.0 Å². The van der Waals surface area contributed by atoms with Crippen LogP contribution >= 0.6 is 11.8 Å². The first-order valence-electron chi connectivity index (χ1n) is 8.91. The molecule has 2 aromatic heterocycles. The van der Waals surface area contributed by atoms with Gasteiger partial charge in [0.2, 0.25) is 5.91 Å². The number of halogens is 3. The molecule has 0 bridgehead atoms. The maximum Gasteiger partial charge on any atom is 0.416 e. The van der Waals surface area contributed by atoms with Crippen LogP contribution in [0.5, 0.6) is 0 Å². The van der Waals surface area contributed by atoms with Crippen LogP contribution in [0.25, 0.3) is 11.6 Å². The van der Waals surface area contributed by atoms with Gasteiger partial charge in [-0.2, -0.15) is 13.2 Å². The molecule has 0 spiro atoms. The average Bonchev–Trinajstić information content (AvgIpc) is 3.35. The minimum Gasteiger partial charge on any atom is -0.461 e. The molecule has 0 aliphatic carbocycles. The van der Waals surface area contributed by atoms with Crippen molar-refractivity contribution in [2.24, 2.45) is 0 Å². The molecular weight excluding hydrogens is 405 g/mol. The van der Waals surface area contributed by atoms with Crippen molar-refractivity contribution in [3.63, 3.8) is 0 Å². The highest BCUT2D eigenvalue weighted by Crippen LogP contribution is 2.29. The summed E-state index contributed by atoms with van der Waals surface area (Å²) >= 11 is 1.26. The highest BCUT2D eigenvalue weighted by molar-refractivity contribution is 7.99. The lowest BCUT2D eigenvalue weighted by atomic mass is 10.1. The molecule has 0 radical (unpaired) electrons. The Morgan fingerprint density at radius 1 is 1.21 bits per heavy atom. The van der Waals surface area contributed by atoms with Gasteiger partial charge in [-0.15, -0.1) is 10.2 Å². The van der Waals surface area contributed by atoms with E-state index >= 15 is 0 Å². The van der Waals surface area contributed by atoms with Crippen molar-refractivity contribution >= 4 is 17.7 Å². The van der Waals surface area contributed by atoms with Gasteiger partial charge in [0.1, 0.15) is 0 Å². The number of hydrogen-bond acceptors (Lipinski definition) is 5. The van der Waals surface area contributed by atoms with Crippen molar-refractivity contribution in [1.82, 2.24) is 20.1 Å². The second kappa shape index (κ2) is 9.17. The van der Waals surface area contributed by atoms with Gasteiger partial charge in [-0.1, -0.05) is 23.9 Å². The SMILES string of the molecule is CCn1c(SCC(=O)NCCc2ccc(C(F)(F)F)cc2)nnc1-c1ccco1. The van der Waals surface area contributed by atoms with E-state index in [0.29, 0.717) is 36.3 Å². The molecule has 154 valence electrons. The molecule has 0 saturated carbocycles. The number of amides is 1. The van der Waals surface area contributed by atoms with E-state index in [9.17, 15) is 18.0 Å². The fraction of sp³-hybridized carbons (Fsp3) is 0.316. The van der Waals surface area contributed by atoms with Crippen LogP contribution in [0.4, 0.5) is 13.2 Å². The first-order valence-corrected chi connectivity index (χ1v) is 9.89. The molecule has 0 aliphatic rings. The Morgan fingerprint density at radius 3 is 2.59 bits per heavy atom. The van der Waals surface area contributed by atoms with E-state index in [1.165, 1.54) is 23.9 Å². The van der Waals surface area contributed by atoms with E-state index < -0.39 is 11.7 Å². The van der Waals surface area contributed by atoms with Crippen molar-refractivity contribution < 1.29 is 22.4 Å².